The van der Waals surface area contributed by atoms with Crippen molar-refractivity contribution in [3.05, 3.63) is 83.9 Å². The normalized spacial score (nSPS) is 22.5. The first kappa shape index (κ1) is 32.4. The van der Waals surface area contributed by atoms with E-state index in [0.717, 1.165) is 27.2 Å². The molecule has 3 aromatic rings. The number of hydrogen-bond donors (Lipinski definition) is 1. The van der Waals surface area contributed by atoms with Crippen molar-refractivity contribution in [2.45, 2.75) is 104 Å². The molecule has 10 heteroatoms. The molecule has 1 fully saturated rings. The predicted molar refractivity (Wildman–Crippen MR) is 160 cm³/mol. The van der Waals surface area contributed by atoms with Gasteiger partial charge < -0.3 is 14.2 Å². The number of hydrogen-bond acceptors (Lipinski definition) is 5. The van der Waals surface area contributed by atoms with Crippen molar-refractivity contribution in [1.82, 2.24) is 0 Å². The number of benzene rings is 3. The van der Waals surface area contributed by atoms with Gasteiger partial charge >= 0.3 is 15.4 Å². The molecule has 0 saturated carbocycles. The van der Waals surface area contributed by atoms with E-state index in [4.69, 9.17) is 18.8 Å². The summed E-state index contributed by atoms with van der Waals surface area (Å²) in [5.41, 5.74) is 1.65. The summed E-state index contributed by atoms with van der Waals surface area (Å²) in [4.78, 5) is 2.99. The van der Waals surface area contributed by atoms with Crippen LogP contribution >= 0.6 is 0 Å². The van der Waals surface area contributed by atoms with Crippen LogP contribution < -0.4 is 4.74 Å². The summed E-state index contributed by atoms with van der Waals surface area (Å²) in [6.07, 6.45) is -2.18. The second-order valence-corrected chi connectivity index (χ2v) is 15.8. The molecule has 1 aliphatic rings. The van der Waals surface area contributed by atoms with Gasteiger partial charge in [-0.05, 0) is 106 Å². The zero-order valence-corrected chi connectivity index (χ0v) is 26.8. The molecular weight excluding hydrogens is 582 g/mol. The van der Waals surface area contributed by atoms with Gasteiger partial charge in [-0.1, -0.05) is 32.9 Å². The Morgan fingerprint density at radius 3 is 1.74 bits per heavy atom. The number of ether oxygens (including phenoxy) is 3. The summed E-state index contributed by atoms with van der Waals surface area (Å²) in [6.45, 7) is 15.3. The van der Waals surface area contributed by atoms with E-state index in [2.05, 4.69) is 45.0 Å². The minimum absolute atomic E-state index is 0.0137. The van der Waals surface area contributed by atoms with Gasteiger partial charge in [-0.25, -0.2) is 0 Å². The van der Waals surface area contributed by atoms with Crippen LogP contribution in [0.1, 0.15) is 66.5 Å². The second kappa shape index (κ2) is 11.2. The summed E-state index contributed by atoms with van der Waals surface area (Å²) < 4.78 is 76.9. The van der Waals surface area contributed by atoms with Crippen molar-refractivity contribution in [2.24, 2.45) is 0 Å². The smallest absolute Gasteiger partial charge is 0.405 e. The van der Waals surface area contributed by atoms with Crippen molar-refractivity contribution in [1.29, 1.82) is 0 Å². The summed E-state index contributed by atoms with van der Waals surface area (Å²) in [5, 5.41) is -4.46. The highest BCUT2D eigenvalue weighted by Crippen LogP contribution is 2.43. The Balaban J connectivity index is 1.69. The highest BCUT2D eigenvalue weighted by molar-refractivity contribution is 7.97. The van der Waals surface area contributed by atoms with Gasteiger partial charge in [0.2, 0.25) is 0 Å². The monoisotopic (exact) mass is 621 g/mol. The maximum Gasteiger partial charge on any atom is 0.405 e. The lowest BCUT2D eigenvalue weighted by atomic mass is 9.87. The molecule has 1 heterocycles. The number of alkyl halides is 2. The van der Waals surface area contributed by atoms with Crippen LogP contribution in [-0.4, -0.2) is 36.0 Å². The van der Waals surface area contributed by atoms with E-state index in [-0.39, 0.29) is 17.3 Å². The molecule has 0 bridgehead atoms. The van der Waals surface area contributed by atoms with Crippen molar-refractivity contribution >= 4 is 21.0 Å². The zero-order chi connectivity index (χ0) is 31.3. The Morgan fingerprint density at radius 2 is 1.33 bits per heavy atom. The van der Waals surface area contributed by atoms with Crippen molar-refractivity contribution < 1.29 is 36.0 Å². The van der Waals surface area contributed by atoms with E-state index >= 15 is 0 Å². The lowest BCUT2D eigenvalue weighted by Crippen LogP contribution is -2.42. The largest absolute Gasteiger partial charge is 0.483 e. The first-order valence-electron chi connectivity index (χ1n) is 13.7. The quantitative estimate of drug-likeness (QED) is 0.205. The molecule has 42 heavy (non-hydrogen) atoms. The van der Waals surface area contributed by atoms with Crippen LogP contribution in [0.5, 0.6) is 5.75 Å². The van der Waals surface area contributed by atoms with Gasteiger partial charge in [0, 0.05) is 5.56 Å². The summed E-state index contributed by atoms with van der Waals surface area (Å²) in [6, 6.07) is 23.1. The van der Waals surface area contributed by atoms with Crippen LogP contribution in [0.15, 0.2) is 87.5 Å². The molecule has 4 atom stereocenters. The van der Waals surface area contributed by atoms with Gasteiger partial charge in [-0.2, -0.15) is 17.2 Å². The average molecular weight is 622 g/mol. The maximum absolute atomic E-state index is 14.0. The van der Waals surface area contributed by atoms with Gasteiger partial charge in [0.1, 0.15) is 5.75 Å². The molecule has 6 nitrogen and oxygen atoms in total. The fourth-order valence-electron chi connectivity index (χ4n) is 4.74. The molecule has 0 aliphatic carbocycles. The van der Waals surface area contributed by atoms with E-state index in [1.54, 1.807) is 12.1 Å². The first-order valence-corrected chi connectivity index (χ1v) is 16.4. The summed E-state index contributed by atoms with van der Waals surface area (Å²) in [5.74, 6) is -0.828. The van der Waals surface area contributed by atoms with E-state index in [0.29, 0.717) is 0 Å². The van der Waals surface area contributed by atoms with Gasteiger partial charge in [0.15, 0.2) is 26.6 Å². The van der Waals surface area contributed by atoms with Crippen molar-refractivity contribution in [2.75, 3.05) is 0 Å². The van der Waals surface area contributed by atoms with Crippen LogP contribution in [0.4, 0.5) is 8.78 Å². The standard InChI is InChI=1S/C32H38F2O6S2/c1-21-30(6,7)40-31(8,39-21)24-11-17-27(18-12-24)41(26-15-9-23(10-16-26)29(3,4)5)28-19-13-25(14-20-28)38-22(2)32(33,34)42(35,36)37/h9-22H,1-8H3/p+1. The summed E-state index contributed by atoms with van der Waals surface area (Å²) in [7, 11) is -6.20. The first-order chi connectivity index (χ1) is 19.2. The molecule has 4 rings (SSSR count). The third-order valence-corrected chi connectivity index (χ3v) is 10.8. The Hall–Kier alpha value is -2.50. The molecule has 228 valence electrons. The molecule has 0 aromatic heterocycles. The lowest BCUT2D eigenvalue weighted by molar-refractivity contribution is -0.179. The minimum Gasteiger partial charge on any atom is -0.483 e. The third-order valence-electron chi connectivity index (χ3n) is 7.60. The van der Waals surface area contributed by atoms with Crippen LogP contribution in [0.3, 0.4) is 0 Å². The SMILES string of the molecule is CC1OC(C)(c2ccc([S+](c3ccc(OC(C)C(F)(F)S(=O)(=O)O)cc3)c3ccc(C(C)(C)C)cc3)cc2)OC1(C)C. The Bertz CT molecular complexity index is 1500. The van der Waals surface area contributed by atoms with Gasteiger partial charge in [0.05, 0.1) is 22.6 Å². The molecule has 0 spiro atoms. The Kier molecular flexibility index (Phi) is 8.65. The predicted octanol–water partition coefficient (Wildman–Crippen LogP) is 7.71. The second-order valence-electron chi connectivity index (χ2n) is 12.3. The topological polar surface area (TPSA) is 82.1 Å². The Morgan fingerprint density at radius 1 is 0.881 bits per heavy atom. The van der Waals surface area contributed by atoms with E-state index in [9.17, 15) is 17.2 Å². The van der Waals surface area contributed by atoms with Crippen LogP contribution in [0.25, 0.3) is 0 Å². The molecule has 1 saturated heterocycles. The van der Waals surface area contributed by atoms with Crippen LogP contribution in [-0.2, 0) is 41.7 Å². The summed E-state index contributed by atoms with van der Waals surface area (Å²) >= 11 is 0. The molecule has 4 unspecified atom stereocenters. The highest BCUT2D eigenvalue weighted by atomic mass is 32.2. The highest BCUT2D eigenvalue weighted by Gasteiger charge is 2.51. The van der Waals surface area contributed by atoms with E-state index < -0.39 is 43.8 Å². The van der Waals surface area contributed by atoms with Crippen LogP contribution in [0.2, 0.25) is 0 Å². The van der Waals surface area contributed by atoms with Gasteiger partial charge in [0.25, 0.3) is 0 Å². The van der Waals surface area contributed by atoms with Crippen LogP contribution in [0, 0.1) is 0 Å². The Labute approximate surface area is 250 Å². The average Bonchev–Trinajstić information content (AvgIpc) is 3.11. The fraction of sp³-hybridized carbons (Fsp3) is 0.438. The van der Waals surface area contributed by atoms with Gasteiger partial charge in [-0.15, -0.1) is 0 Å². The van der Waals surface area contributed by atoms with Gasteiger partial charge in [-0.3, -0.25) is 4.55 Å². The van der Waals surface area contributed by atoms with E-state index in [1.807, 2.05) is 52.0 Å². The fourth-order valence-corrected chi connectivity index (χ4v) is 7.25. The molecule has 1 N–H and O–H groups in total. The molecule has 0 radical (unpaired) electrons. The molecular formula is C32H39F2O6S2+. The molecule has 0 amide bonds. The van der Waals surface area contributed by atoms with E-state index in [1.165, 1.54) is 17.7 Å². The molecule has 1 aliphatic heterocycles. The van der Waals surface area contributed by atoms with Crippen molar-refractivity contribution in [3.63, 3.8) is 0 Å². The maximum atomic E-state index is 14.0. The zero-order valence-electron chi connectivity index (χ0n) is 25.1. The minimum atomic E-state index is -5.63. The lowest BCUT2D eigenvalue weighted by Gasteiger charge is -2.26. The molecule has 3 aromatic carbocycles. The number of halogens is 2. The number of rotatable bonds is 8. The van der Waals surface area contributed by atoms with Crippen molar-refractivity contribution in [3.8, 4) is 5.75 Å². The third kappa shape index (κ3) is 6.53.